The summed E-state index contributed by atoms with van der Waals surface area (Å²) in [5.41, 5.74) is 3.80. The van der Waals surface area contributed by atoms with Crippen molar-refractivity contribution in [1.82, 2.24) is 5.32 Å². The van der Waals surface area contributed by atoms with Gasteiger partial charge in [-0.05, 0) is 49.6 Å². The second-order valence-electron chi connectivity index (χ2n) is 6.55. The Morgan fingerprint density at radius 3 is 2.73 bits per heavy atom. The molecule has 0 bridgehead atoms. The van der Waals surface area contributed by atoms with E-state index >= 15 is 0 Å². The first-order chi connectivity index (χ1) is 12.5. The molecule has 6 heteroatoms. The van der Waals surface area contributed by atoms with Crippen LogP contribution in [-0.4, -0.2) is 30.9 Å². The van der Waals surface area contributed by atoms with Crippen molar-refractivity contribution in [2.75, 3.05) is 23.3 Å². The fourth-order valence-electron chi connectivity index (χ4n) is 3.20. The largest absolute Gasteiger partial charge is 0.359 e. The molecule has 136 valence electrons. The zero-order valence-electron chi connectivity index (χ0n) is 14.9. The average molecular weight is 372 g/mol. The normalized spacial score (nSPS) is 15.5. The molecule has 1 atom stereocenters. The standard InChI is InChI=1S/C20H22ClN3O2/c1-13-10-15-6-3-4-9-18(15)24(13)12-20(26)22-11-19(25)23-17-8-5-7-16(21)14(17)2/h3-9,13H,10-12H2,1-2H3,(H,22,26)(H,23,25). The number of nitrogens with zero attached hydrogens (tertiary/aromatic N) is 1. The van der Waals surface area contributed by atoms with Crippen LogP contribution in [-0.2, 0) is 16.0 Å². The zero-order chi connectivity index (χ0) is 18.7. The molecule has 1 aliphatic rings. The average Bonchev–Trinajstić information content (AvgIpc) is 2.93. The van der Waals surface area contributed by atoms with Gasteiger partial charge in [0.15, 0.2) is 0 Å². The van der Waals surface area contributed by atoms with Gasteiger partial charge in [0.1, 0.15) is 0 Å². The van der Waals surface area contributed by atoms with Gasteiger partial charge in [-0.15, -0.1) is 0 Å². The van der Waals surface area contributed by atoms with E-state index in [0.717, 1.165) is 17.7 Å². The topological polar surface area (TPSA) is 61.4 Å². The van der Waals surface area contributed by atoms with Crippen LogP contribution in [0.1, 0.15) is 18.1 Å². The summed E-state index contributed by atoms with van der Waals surface area (Å²) < 4.78 is 0. The highest BCUT2D eigenvalue weighted by Crippen LogP contribution is 2.31. The fourth-order valence-corrected chi connectivity index (χ4v) is 3.37. The number of amides is 2. The molecule has 0 spiro atoms. The smallest absolute Gasteiger partial charge is 0.243 e. The van der Waals surface area contributed by atoms with E-state index in [-0.39, 0.29) is 30.9 Å². The van der Waals surface area contributed by atoms with E-state index in [9.17, 15) is 9.59 Å². The number of anilines is 2. The van der Waals surface area contributed by atoms with E-state index in [0.29, 0.717) is 10.7 Å². The number of carbonyl (C=O) groups is 2. The van der Waals surface area contributed by atoms with Gasteiger partial charge in [-0.25, -0.2) is 0 Å². The van der Waals surface area contributed by atoms with Crippen molar-refractivity contribution < 1.29 is 9.59 Å². The molecule has 0 aromatic heterocycles. The Balaban J connectivity index is 1.53. The van der Waals surface area contributed by atoms with Gasteiger partial charge in [-0.3, -0.25) is 9.59 Å². The van der Waals surface area contributed by atoms with Crippen LogP contribution in [0.3, 0.4) is 0 Å². The van der Waals surface area contributed by atoms with Crippen LogP contribution in [0.4, 0.5) is 11.4 Å². The van der Waals surface area contributed by atoms with Crippen molar-refractivity contribution in [3.05, 3.63) is 58.6 Å². The molecule has 2 aromatic rings. The number of halogens is 1. The van der Waals surface area contributed by atoms with E-state index in [2.05, 4.69) is 28.5 Å². The van der Waals surface area contributed by atoms with Gasteiger partial charge in [-0.1, -0.05) is 35.9 Å². The first-order valence-electron chi connectivity index (χ1n) is 8.62. The van der Waals surface area contributed by atoms with E-state index in [4.69, 9.17) is 11.6 Å². The summed E-state index contributed by atoms with van der Waals surface area (Å²) >= 11 is 6.05. The summed E-state index contributed by atoms with van der Waals surface area (Å²) in [7, 11) is 0. The van der Waals surface area contributed by atoms with Gasteiger partial charge in [0, 0.05) is 22.4 Å². The Labute approximate surface area is 158 Å². The summed E-state index contributed by atoms with van der Waals surface area (Å²) in [6.45, 7) is 4.10. The molecule has 0 radical (unpaired) electrons. The predicted molar refractivity (Wildman–Crippen MR) is 105 cm³/mol. The Kier molecular flexibility index (Phi) is 5.47. The lowest BCUT2D eigenvalue weighted by Gasteiger charge is -2.24. The minimum absolute atomic E-state index is 0.0747. The number of nitrogens with one attached hydrogen (secondary N) is 2. The maximum atomic E-state index is 12.3. The molecule has 0 saturated carbocycles. The monoisotopic (exact) mass is 371 g/mol. The number of carbonyl (C=O) groups excluding carboxylic acids is 2. The second-order valence-corrected chi connectivity index (χ2v) is 6.95. The van der Waals surface area contributed by atoms with Crippen molar-refractivity contribution in [3.63, 3.8) is 0 Å². The number of para-hydroxylation sites is 1. The predicted octanol–water partition coefficient (Wildman–Crippen LogP) is 3.15. The summed E-state index contributed by atoms with van der Waals surface area (Å²) in [6.07, 6.45) is 0.929. The van der Waals surface area contributed by atoms with Gasteiger partial charge in [0.25, 0.3) is 0 Å². The third-order valence-electron chi connectivity index (χ3n) is 4.65. The van der Waals surface area contributed by atoms with Crippen LogP contribution < -0.4 is 15.5 Å². The van der Waals surface area contributed by atoms with Crippen LogP contribution >= 0.6 is 11.6 Å². The minimum atomic E-state index is -0.279. The summed E-state index contributed by atoms with van der Waals surface area (Å²) in [5.74, 6) is -0.454. The number of rotatable bonds is 5. The first kappa shape index (κ1) is 18.3. The molecule has 26 heavy (non-hydrogen) atoms. The molecular formula is C20H22ClN3O2. The zero-order valence-corrected chi connectivity index (χ0v) is 15.6. The Morgan fingerprint density at radius 1 is 1.15 bits per heavy atom. The summed E-state index contributed by atoms with van der Waals surface area (Å²) in [5, 5.41) is 6.05. The fraction of sp³-hybridized carbons (Fsp3) is 0.300. The highest BCUT2D eigenvalue weighted by Gasteiger charge is 2.27. The minimum Gasteiger partial charge on any atom is -0.359 e. The highest BCUT2D eigenvalue weighted by molar-refractivity contribution is 6.31. The van der Waals surface area contributed by atoms with Crippen LogP contribution in [0.15, 0.2) is 42.5 Å². The van der Waals surface area contributed by atoms with E-state index in [1.807, 2.05) is 25.1 Å². The van der Waals surface area contributed by atoms with Crippen molar-refractivity contribution >= 4 is 34.8 Å². The summed E-state index contributed by atoms with van der Waals surface area (Å²) in [4.78, 5) is 26.4. The number of hydrogen-bond donors (Lipinski definition) is 2. The molecule has 1 aliphatic heterocycles. The Hall–Kier alpha value is -2.53. The van der Waals surface area contributed by atoms with Crippen LogP contribution in [0.25, 0.3) is 0 Å². The van der Waals surface area contributed by atoms with Crippen molar-refractivity contribution in [3.8, 4) is 0 Å². The van der Waals surface area contributed by atoms with Gasteiger partial charge in [-0.2, -0.15) is 0 Å². The molecule has 3 rings (SSSR count). The Morgan fingerprint density at radius 2 is 1.92 bits per heavy atom. The van der Waals surface area contributed by atoms with E-state index in [1.54, 1.807) is 18.2 Å². The third kappa shape index (κ3) is 3.99. The quantitative estimate of drug-likeness (QED) is 0.848. The van der Waals surface area contributed by atoms with Crippen molar-refractivity contribution in [2.45, 2.75) is 26.3 Å². The van der Waals surface area contributed by atoms with Crippen molar-refractivity contribution in [1.29, 1.82) is 0 Å². The maximum absolute atomic E-state index is 12.3. The Bertz CT molecular complexity index is 838. The molecule has 2 aromatic carbocycles. The first-order valence-corrected chi connectivity index (χ1v) is 8.99. The maximum Gasteiger partial charge on any atom is 0.243 e. The lowest BCUT2D eigenvalue weighted by Crippen LogP contribution is -2.42. The SMILES string of the molecule is Cc1c(Cl)cccc1NC(=O)CNC(=O)CN1c2ccccc2CC1C. The van der Waals surface area contributed by atoms with Gasteiger partial charge in [0.05, 0.1) is 13.1 Å². The molecular weight excluding hydrogens is 350 g/mol. The van der Waals surface area contributed by atoms with Gasteiger partial charge < -0.3 is 15.5 Å². The molecule has 0 aliphatic carbocycles. The second kappa shape index (κ2) is 7.79. The number of fused-ring (bicyclic) bond motifs is 1. The molecule has 5 nitrogen and oxygen atoms in total. The summed E-state index contributed by atoms with van der Waals surface area (Å²) in [6, 6.07) is 13.7. The molecule has 2 N–H and O–H groups in total. The van der Waals surface area contributed by atoms with Crippen LogP contribution in [0.5, 0.6) is 0 Å². The molecule has 1 unspecified atom stereocenters. The molecule has 0 fully saturated rings. The lowest BCUT2D eigenvalue weighted by molar-refractivity contribution is -0.123. The van der Waals surface area contributed by atoms with Gasteiger partial charge >= 0.3 is 0 Å². The highest BCUT2D eigenvalue weighted by atomic mass is 35.5. The van der Waals surface area contributed by atoms with Crippen molar-refractivity contribution in [2.24, 2.45) is 0 Å². The van der Waals surface area contributed by atoms with Crippen LogP contribution in [0.2, 0.25) is 5.02 Å². The third-order valence-corrected chi connectivity index (χ3v) is 5.06. The van der Waals surface area contributed by atoms with E-state index < -0.39 is 0 Å². The van der Waals surface area contributed by atoms with Crippen LogP contribution in [0, 0.1) is 6.92 Å². The molecule has 1 heterocycles. The lowest BCUT2D eigenvalue weighted by atomic mass is 10.1. The van der Waals surface area contributed by atoms with E-state index in [1.165, 1.54) is 5.56 Å². The number of benzene rings is 2. The number of hydrogen-bond acceptors (Lipinski definition) is 3. The molecule has 0 saturated heterocycles. The van der Waals surface area contributed by atoms with Gasteiger partial charge in [0.2, 0.25) is 11.8 Å². The molecule has 2 amide bonds.